The summed E-state index contributed by atoms with van der Waals surface area (Å²) in [7, 11) is 0. The van der Waals surface area contributed by atoms with Crippen LogP contribution in [0.15, 0.2) is 11.4 Å². The Labute approximate surface area is 94.5 Å². The van der Waals surface area contributed by atoms with Gasteiger partial charge in [-0.3, -0.25) is 0 Å². The maximum atomic E-state index is 6.19. The number of piperidine rings is 1. The van der Waals surface area contributed by atoms with Crippen molar-refractivity contribution in [2.24, 2.45) is 5.92 Å². The fraction of sp³-hybridized carbons (Fsp3) is 0.636. The summed E-state index contributed by atoms with van der Waals surface area (Å²) in [5.74, 6) is 1.45. The summed E-state index contributed by atoms with van der Waals surface area (Å²) in [4.78, 5) is 1.40. The molecule has 0 saturated carbocycles. The number of rotatable bonds is 2. The zero-order valence-corrected chi connectivity index (χ0v) is 10.00. The molecule has 14 heavy (non-hydrogen) atoms. The summed E-state index contributed by atoms with van der Waals surface area (Å²) in [6.45, 7) is 4.55. The van der Waals surface area contributed by atoms with Gasteiger partial charge in [0.1, 0.15) is 0 Å². The van der Waals surface area contributed by atoms with Gasteiger partial charge in [-0.2, -0.15) is 0 Å². The van der Waals surface area contributed by atoms with Crippen LogP contribution in [0, 0.1) is 5.92 Å². The predicted molar refractivity (Wildman–Crippen MR) is 63.3 cm³/mol. The predicted octanol–water partition coefficient (Wildman–Crippen LogP) is 3.50. The summed E-state index contributed by atoms with van der Waals surface area (Å²) in [5.41, 5.74) is 0. The van der Waals surface area contributed by atoms with Gasteiger partial charge >= 0.3 is 0 Å². The third-order valence-corrected chi connectivity index (χ3v) is 4.60. The van der Waals surface area contributed by atoms with Crippen LogP contribution in [0.4, 0.5) is 0 Å². The van der Waals surface area contributed by atoms with Gasteiger partial charge in [0.15, 0.2) is 0 Å². The average molecular weight is 230 g/mol. The fourth-order valence-electron chi connectivity index (χ4n) is 2.27. The summed E-state index contributed by atoms with van der Waals surface area (Å²) in [6.07, 6.45) is 2.48. The van der Waals surface area contributed by atoms with E-state index in [1.807, 2.05) is 17.4 Å². The lowest BCUT2D eigenvalue weighted by atomic mass is 9.83. The van der Waals surface area contributed by atoms with Gasteiger partial charge in [-0.1, -0.05) is 24.9 Å². The van der Waals surface area contributed by atoms with Crippen molar-refractivity contribution in [3.05, 3.63) is 21.3 Å². The van der Waals surface area contributed by atoms with Crippen LogP contribution in [0.5, 0.6) is 0 Å². The molecule has 1 saturated heterocycles. The third-order valence-electron chi connectivity index (χ3n) is 3.11. The molecule has 1 nitrogen and oxygen atoms in total. The van der Waals surface area contributed by atoms with Crippen molar-refractivity contribution in [1.29, 1.82) is 0 Å². The standard InChI is InChI=1S/C11H16ClNS/c1-2-8-7-13-5-3-9(8)11-10(12)4-6-14-11/h4,6,8-9,13H,2-3,5,7H2,1H3. The molecular formula is C11H16ClNS. The van der Waals surface area contributed by atoms with E-state index in [0.29, 0.717) is 5.92 Å². The van der Waals surface area contributed by atoms with E-state index < -0.39 is 0 Å². The maximum absolute atomic E-state index is 6.19. The van der Waals surface area contributed by atoms with E-state index in [2.05, 4.69) is 17.6 Å². The summed E-state index contributed by atoms with van der Waals surface area (Å²) in [5, 5.41) is 6.53. The summed E-state index contributed by atoms with van der Waals surface area (Å²) in [6, 6.07) is 2.02. The van der Waals surface area contributed by atoms with Gasteiger partial charge in [-0.05, 0) is 42.8 Å². The molecule has 1 aliphatic heterocycles. The normalized spacial score (nSPS) is 27.9. The molecule has 1 aromatic rings. The maximum Gasteiger partial charge on any atom is 0.0547 e. The van der Waals surface area contributed by atoms with Crippen LogP contribution in [0.1, 0.15) is 30.6 Å². The van der Waals surface area contributed by atoms with Crippen LogP contribution < -0.4 is 5.32 Å². The second-order valence-corrected chi connectivity index (χ2v) is 5.26. The van der Waals surface area contributed by atoms with Gasteiger partial charge in [-0.15, -0.1) is 11.3 Å². The Balaban J connectivity index is 2.19. The molecule has 2 rings (SSSR count). The van der Waals surface area contributed by atoms with Crippen molar-refractivity contribution in [3.8, 4) is 0 Å². The third kappa shape index (κ3) is 1.97. The first-order chi connectivity index (χ1) is 6.83. The second kappa shape index (κ2) is 4.65. The van der Waals surface area contributed by atoms with Gasteiger partial charge in [0.05, 0.1) is 5.02 Å². The second-order valence-electron chi connectivity index (χ2n) is 3.90. The van der Waals surface area contributed by atoms with Crippen molar-refractivity contribution in [2.45, 2.75) is 25.7 Å². The minimum atomic E-state index is 0.689. The number of hydrogen-bond acceptors (Lipinski definition) is 2. The van der Waals surface area contributed by atoms with Crippen molar-refractivity contribution in [2.75, 3.05) is 13.1 Å². The molecule has 0 radical (unpaired) electrons. The quantitative estimate of drug-likeness (QED) is 0.819. The zero-order valence-electron chi connectivity index (χ0n) is 8.42. The monoisotopic (exact) mass is 229 g/mol. The molecule has 1 fully saturated rings. The van der Waals surface area contributed by atoms with E-state index in [4.69, 9.17) is 11.6 Å². The minimum Gasteiger partial charge on any atom is -0.316 e. The highest BCUT2D eigenvalue weighted by molar-refractivity contribution is 7.10. The molecule has 2 atom stereocenters. The molecule has 78 valence electrons. The smallest absolute Gasteiger partial charge is 0.0547 e. The van der Waals surface area contributed by atoms with Crippen molar-refractivity contribution < 1.29 is 0 Å². The minimum absolute atomic E-state index is 0.689. The first kappa shape index (κ1) is 10.5. The largest absolute Gasteiger partial charge is 0.316 e. The van der Waals surface area contributed by atoms with E-state index in [0.717, 1.165) is 24.0 Å². The summed E-state index contributed by atoms with van der Waals surface area (Å²) < 4.78 is 0. The number of thiophene rings is 1. The molecule has 2 heterocycles. The molecule has 0 aliphatic carbocycles. The SMILES string of the molecule is CCC1CNCCC1c1sccc1Cl. The molecule has 0 aromatic carbocycles. The van der Waals surface area contributed by atoms with E-state index in [1.54, 1.807) is 0 Å². The number of nitrogens with one attached hydrogen (secondary N) is 1. The molecule has 1 N–H and O–H groups in total. The molecule has 0 spiro atoms. The van der Waals surface area contributed by atoms with Crippen molar-refractivity contribution >= 4 is 22.9 Å². The Morgan fingerprint density at radius 1 is 1.64 bits per heavy atom. The van der Waals surface area contributed by atoms with Gasteiger partial charge < -0.3 is 5.32 Å². The molecule has 0 bridgehead atoms. The molecule has 2 unspecified atom stereocenters. The lowest BCUT2D eigenvalue weighted by molar-refractivity contribution is 0.321. The van der Waals surface area contributed by atoms with Crippen LogP contribution in [-0.4, -0.2) is 13.1 Å². The highest BCUT2D eigenvalue weighted by Crippen LogP contribution is 2.39. The van der Waals surface area contributed by atoms with Crippen LogP contribution in [-0.2, 0) is 0 Å². The molecule has 3 heteroatoms. The van der Waals surface area contributed by atoms with E-state index in [9.17, 15) is 0 Å². The van der Waals surface area contributed by atoms with E-state index in [1.165, 1.54) is 17.7 Å². The Morgan fingerprint density at radius 2 is 2.50 bits per heavy atom. The lowest BCUT2D eigenvalue weighted by Gasteiger charge is -2.31. The van der Waals surface area contributed by atoms with Crippen LogP contribution in [0.25, 0.3) is 0 Å². The Bertz CT molecular complexity index is 297. The Morgan fingerprint density at radius 3 is 3.14 bits per heavy atom. The molecule has 1 aliphatic rings. The fourth-order valence-corrected chi connectivity index (χ4v) is 3.69. The Hall–Kier alpha value is -0.0500. The van der Waals surface area contributed by atoms with Crippen molar-refractivity contribution in [1.82, 2.24) is 5.32 Å². The topological polar surface area (TPSA) is 12.0 Å². The first-order valence-electron chi connectivity index (χ1n) is 5.26. The van der Waals surface area contributed by atoms with Crippen molar-refractivity contribution in [3.63, 3.8) is 0 Å². The van der Waals surface area contributed by atoms with Crippen LogP contribution in [0.3, 0.4) is 0 Å². The average Bonchev–Trinajstić information content (AvgIpc) is 2.64. The van der Waals surface area contributed by atoms with Gasteiger partial charge in [0.25, 0.3) is 0 Å². The Kier molecular flexibility index (Phi) is 3.47. The van der Waals surface area contributed by atoms with Crippen LogP contribution >= 0.6 is 22.9 Å². The molecule has 0 amide bonds. The lowest BCUT2D eigenvalue weighted by Crippen LogP contribution is -2.34. The zero-order chi connectivity index (χ0) is 9.97. The van der Waals surface area contributed by atoms with Crippen LogP contribution in [0.2, 0.25) is 5.02 Å². The van der Waals surface area contributed by atoms with E-state index >= 15 is 0 Å². The van der Waals surface area contributed by atoms with E-state index in [-0.39, 0.29) is 0 Å². The van der Waals surface area contributed by atoms with Gasteiger partial charge in [0.2, 0.25) is 0 Å². The number of halogens is 1. The number of hydrogen-bond donors (Lipinski definition) is 1. The molecular weight excluding hydrogens is 214 g/mol. The molecule has 1 aromatic heterocycles. The first-order valence-corrected chi connectivity index (χ1v) is 6.52. The van der Waals surface area contributed by atoms with Gasteiger partial charge in [-0.25, -0.2) is 0 Å². The summed E-state index contributed by atoms with van der Waals surface area (Å²) >= 11 is 8.00. The highest BCUT2D eigenvalue weighted by atomic mass is 35.5. The van der Waals surface area contributed by atoms with Gasteiger partial charge in [0, 0.05) is 4.88 Å². The highest BCUT2D eigenvalue weighted by Gasteiger charge is 2.27.